The molecule has 2 aliphatic rings. The molecule has 0 spiro atoms. The second-order valence-electron chi connectivity index (χ2n) is 7.39. The Hall–Kier alpha value is -1.96. The van der Waals surface area contributed by atoms with Crippen molar-refractivity contribution < 1.29 is 9.53 Å². The summed E-state index contributed by atoms with van der Waals surface area (Å²) in [5.74, 6) is 6.30. The van der Waals surface area contributed by atoms with Crippen molar-refractivity contribution in [1.82, 2.24) is 9.80 Å². The molecule has 138 valence electrons. The van der Waals surface area contributed by atoms with Gasteiger partial charge in [-0.2, -0.15) is 0 Å². The molecular formula is C21H25ClN2O2. The van der Waals surface area contributed by atoms with Gasteiger partial charge in [0.2, 0.25) is 0 Å². The number of nitrogens with zero attached hydrogens (tertiary/aromatic N) is 2. The number of carbonyl (C=O) groups excluding carboxylic acids is 1. The van der Waals surface area contributed by atoms with Gasteiger partial charge in [-0.1, -0.05) is 48.9 Å². The van der Waals surface area contributed by atoms with Crippen LogP contribution in [0.1, 0.15) is 25.8 Å². The molecule has 0 N–H and O–H groups in total. The first-order valence-corrected chi connectivity index (χ1v) is 9.42. The van der Waals surface area contributed by atoms with Gasteiger partial charge in [-0.15, -0.1) is 0 Å². The molecule has 0 saturated carbocycles. The molecule has 1 aromatic rings. The number of hydrogen-bond acceptors (Lipinski definition) is 2. The van der Waals surface area contributed by atoms with Crippen molar-refractivity contribution in [2.24, 2.45) is 5.41 Å². The normalized spacial score (nSPS) is 21.3. The molecule has 2 aliphatic heterocycles. The van der Waals surface area contributed by atoms with Gasteiger partial charge >= 0.3 is 6.03 Å². The lowest BCUT2D eigenvalue weighted by Crippen LogP contribution is -2.53. The number of amides is 2. The second kappa shape index (κ2) is 8.16. The topological polar surface area (TPSA) is 32.8 Å². The minimum absolute atomic E-state index is 0.0801. The van der Waals surface area contributed by atoms with E-state index in [9.17, 15) is 4.79 Å². The van der Waals surface area contributed by atoms with E-state index in [2.05, 4.69) is 25.7 Å². The van der Waals surface area contributed by atoms with Gasteiger partial charge in [-0.25, -0.2) is 4.79 Å². The molecule has 26 heavy (non-hydrogen) atoms. The van der Waals surface area contributed by atoms with Crippen molar-refractivity contribution in [2.45, 2.75) is 20.3 Å². The summed E-state index contributed by atoms with van der Waals surface area (Å²) in [6.07, 6.45) is 2.87. The van der Waals surface area contributed by atoms with E-state index in [0.717, 1.165) is 18.5 Å². The van der Waals surface area contributed by atoms with Crippen LogP contribution in [0, 0.1) is 17.3 Å². The third-order valence-electron chi connectivity index (χ3n) is 4.95. The molecule has 5 heteroatoms. The van der Waals surface area contributed by atoms with Crippen LogP contribution in [0.4, 0.5) is 4.79 Å². The molecule has 1 aromatic carbocycles. The molecule has 0 bridgehead atoms. The van der Waals surface area contributed by atoms with Gasteiger partial charge in [0, 0.05) is 42.2 Å². The van der Waals surface area contributed by atoms with Gasteiger partial charge in [0.15, 0.2) is 0 Å². The summed E-state index contributed by atoms with van der Waals surface area (Å²) in [6, 6.07) is 7.69. The van der Waals surface area contributed by atoms with Crippen molar-refractivity contribution in [2.75, 3.05) is 39.4 Å². The van der Waals surface area contributed by atoms with Gasteiger partial charge < -0.3 is 14.5 Å². The zero-order chi connectivity index (χ0) is 18.6. The monoisotopic (exact) mass is 372 g/mol. The Morgan fingerprint density at radius 2 is 2.00 bits per heavy atom. The maximum Gasteiger partial charge on any atom is 0.320 e. The molecule has 0 radical (unpaired) electrons. The lowest BCUT2D eigenvalue weighted by atomic mass is 9.79. The maximum atomic E-state index is 12.7. The van der Waals surface area contributed by atoms with Crippen molar-refractivity contribution in [1.29, 1.82) is 0 Å². The number of allylic oxidation sites excluding steroid dienone is 1. The van der Waals surface area contributed by atoms with Crippen molar-refractivity contribution >= 4 is 17.6 Å². The number of rotatable bonds is 0. The zero-order valence-electron chi connectivity index (χ0n) is 15.4. The predicted molar refractivity (Wildman–Crippen MR) is 104 cm³/mol. The van der Waals surface area contributed by atoms with Crippen LogP contribution < -0.4 is 0 Å². The van der Waals surface area contributed by atoms with Crippen LogP contribution in [0.2, 0.25) is 5.02 Å². The van der Waals surface area contributed by atoms with E-state index in [4.69, 9.17) is 16.3 Å². The van der Waals surface area contributed by atoms with Gasteiger partial charge in [0.25, 0.3) is 0 Å². The van der Waals surface area contributed by atoms with Crippen molar-refractivity contribution in [3.05, 3.63) is 46.5 Å². The molecule has 3 rings (SSSR count). The minimum Gasteiger partial charge on any atom is -0.378 e. The average molecular weight is 373 g/mol. The quantitative estimate of drug-likeness (QED) is 0.649. The highest BCUT2D eigenvalue weighted by molar-refractivity contribution is 6.30. The number of morpholine rings is 1. The molecule has 0 unspecified atom stereocenters. The number of carbonyl (C=O) groups is 1. The number of ether oxygens (including phenoxy) is 1. The molecule has 2 amide bonds. The van der Waals surface area contributed by atoms with E-state index >= 15 is 0 Å². The number of halogens is 1. The fourth-order valence-corrected chi connectivity index (χ4v) is 3.60. The SMILES string of the molecule is CC1(C)CN(C(=O)N2CCOCC2)CC/C1=C\C#Cc1cccc(Cl)c1. The third kappa shape index (κ3) is 4.60. The van der Waals surface area contributed by atoms with Crippen LogP contribution in [0.25, 0.3) is 0 Å². The van der Waals surface area contributed by atoms with Crippen molar-refractivity contribution in [3.8, 4) is 11.8 Å². The summed E-state index contributed by atoms with van der Waals surface area (Å²) in [5, 5.41) is 0.694. The fraction of sp³-hybridized carbons (Fsp3) is 0.476. The van der Waals surface area contributed by atoms with Crippen LogP contribution in [0.3, 0.4) is 0 Å². The molecule has 2 heterocycles. The van der Waals surface area contributed by atoms with E-state index < -0.39 is 0 Å². The van der Waals surface area contributed by atoms with E-state index in [1.165, 1.54) is 5.57 Å². The van der Waals surface area contributed by atoms with E-state index in [0.29, 0.717) is 37.9 Å². The lowest BCUT2D eigenvalue weighted by Gasteiger charge is -2.42. The molecular weight excluding hydrogens is 348 g/mol. The molecule has 2 saturated heterocycles. The minimum atomic E-state index is -0.0801. The summed E-state index contributed by atoms with van der Waals surface area (Å²) in [6.45, 7) is 8.45. The number of piperidine rings is 1. The Morgan fingerprint density at radius 3 is 2.69 bits per heavy atom. The Kier molecular flexibility index (Phi) is 5.90. The number of benzene rings is 1. The van der Waals surface area contributed by atoms with Crippen LogP contribution in [0.15, 0.2) is 35.9 Å². The van der Waals surface area contributed by atoms with E-state index in [-0.39, 0.29) is 11.4 Å². The molecule has 2 fully saturated rings. The Balaban J connectivity index is 1.66. The summed E-state index contributed by atoms with van der Waals surface area (Å²) in [7, 11) is 0. The Bertz CT molecular complexity index is 755. The molecule has 4 nitrogen and oxygen atoms in total. The summed E-state index contributed by atoms with van der Waals surface area (Å²) in [5.41, 5.74) is 2.12. The fourth-order valence-electron chi connectivity index (χ4n) is 3.41. The first-order chi connectivity index (χ1) is 12.5. The van der Waals surface area contributed by atoms with Crippen LogP contribution in [-0.4, -0.2) is 55.2 Å². The average Bonchev–Trinajstić information content (AvgIpc) is 2.63. The van der Waals surface area contributed by atoms with Gasteiger partial charge in [0.1, 0.15) is 0 Å². The predicted octanol–water partition coefficient (Wildman–Crippen LogP) is 3.80. The Labute approximate surface area is 160 Å². The van der Waals surface area contributed by atoms with Crippen molar-refractivity contribution in [3.63, 3.8) is 0 Å². The smallest absolute Gasteiger partial charge is 0.320 e. The number of hydrogen-bond donors (Lipinski definition) is 0. The third-order valence-corrected chi connectivity index (χ3v) is 5.18. The van der Waals surface area contributed by atoms with E-state index in [1.807, 2.05) is 40.1 Å². The highest BCUT2D eigenvalue weighted by Crippen LogP contribution is 2.34. The number of urea groups is 1. The summed E-state index contributed by atoms with van der Waals surface area (Å²) >= 11 is 6.00. The van der Waals surface area contributed by atoms with Crippen LogP contribution >= 0.6 is 11.6 Å². The largest absolute Gasteiger partial charge is 0.378 e. The molecule has 0 atom stereocenters. The molecule has 0 aromatic heterocycles. The lowest BCUT2D eigenvalue weighted by molar-refractivity contribution is 0.0387. The summed E-state index contributed by atoms with van der Waals surface area (Å²) < 4.78 is 5.34. The van der Waals surface area contributed by atoms with Gasteiger partial charge in [-0.05, 0) is 30.7 Å². The van der Waals surface area contributed by atoms with E-state index in [1.54, 1.807) is 0 Å². The highest BCUT2D eigenvalue weighted by Gasteiger charge is 2.34. The first-order valence-electron chi connectivity index (χ1n) is 9.04. The maximum absolute atomic E-state index is 12.7. The zero-order valence-corrected chi connectivity index (χ0v) is 16.2. The number of likely N-dealkylation sites (tertiary alicyclic amines) is 1. The van der Waals surface area contributed by atoms with Crippen LogP contribution in [0.5, 0.6) is 0 Å². The van der Waals surface area contributed by atoms with Crippen LogP contribution in [-0.2, 0) is 4.74 Å². The van der Waals surface area contributed by atoms with Gasteiger partial charge in [0.05, 0.1) is 13.2 Å². The Morgan fingerprint density at radius 1 is 1.23 bits per heavy atom. The standard InChI is InChI=1S/C21H25ClN2O2/c1-21(2)16-24(20(25)23-11-13-26-14-12-23)10-9-18(21)7-3-5-17-6-4-8-19(22)15-17/h4,6-8,15H,9-14,16H2,1-2H3/b18-7+. The summed E-state index contributed by atoms with van der Waals surface area (Å²) in [4.78, 5) is 16.6. The highest BCUT2D eigenvalue weighted by atomic mass is 35.5. The first kappa shape index (κ1) is 18.8. The molecule has 0 aliphatic carbocycles. The van der Waals surface area contributed by atoms with Gasteiger partial charge in [-0.3, -0.25) is 0 Å². The second-order valence-corrected chi connectivity index (χ2v) is 7.82.